The average molecular weight is 309 g/mol. The second-order valence-corrected chi connectivity index (χ2v) is 6.46. The highest BCUT2D eigenvalue weighted by Gasteiger charge is 2.24. The number of para-hydroxylation sites is 2. The third kappa shape index (κ3) is 3.01. The summed E-state index contributed by atoms with van der Waals surface area (Å²) in [4.78, 5) is 1.95. The largest absolute Gasteiger partial charge is 0.376 e. The first-order chi connectivity index (χ1) is 9.86. The number of anilines is 2. The molecule has 8 heteroatoms. The molecule has 0 fully saturated rings. The zero-order chi connectivity index (χ0) is 15.6. The summed E-state index contributed by atoms with van der Waals surface area (Å²) in [7, 11) is -0.0524. The molecule has 114 valence electrons. The summed E-state index contributed by atoms with van der Waals surface area (Å²) in [6, 6.07) is 7.17. The van der Waals surface area contributed by atoms with Gasteiger partial charge in [0, 0.05) is 20.6 Å². The summed E-state index contributed by atoms with van der Waals surface area (Å²) in [5.41, 5.74) is 7.61. The first-order valence-electron chi connectivity index (χ1n) is 6.40. The fourth-order valence-corrected chi connectivity index (χ4v) is 3.56. The van der Waals surface area contributed by atoms with Crippen molar-refractivity contribution in [3.63, 3.8) is 0 Å². The van der Waals surface area contributed by atoms with E-state index in [-0.39, 0.29) is 11.4 Å². The van der Waals surface area contributed by atoms with Crippen molar-refractivity contribution in [2.75, 3.05) is 23.7 Å². The standard InChI is InChI=1S/C13H19N5O2S/c1-9-13(11(8-14)16-15-9)21(19,20)17-10-6-4-5-7-12(10)18(2)3/h4-7,17H,8,14H2,1-3H3,(H,15,16). The molecule has 0 atom stereocenters. The van der Waals surface area contributed by atoms with Crippen LogP contribution >= 0.6 is 0 Å². The van der Waals surface area contributed by atoms with Crippen LogP contribution in [0.1, 0.15) is 11.4 Å². The molecule has 0 aliphatic rings. The zero-order valence-electron chi connectivity index (χ0n) is 12.2. The van der Waals surface area contributed by atoms with E-state index >= 15 is 0 Å². The van der Waals surface area contributed by atoms with E-state index in [2.05, 4.69) is 14.9 Å². The van der Waals surface area contributed by atoms with E-state index in [0.717, 1.165) is 5.69 Å². The summed E-state index contributed by atoms with van der Waals surface area (Å²) >= 11 is 0. The molecular weight excluding hydrogens is 290 g/mol. The van der Waals surface area contributed by atoms with Gasteiger partial charge in [0.2, 0.25) is 0 Å². The SMILES string of the molecule is Cc1[nH]nc(CN)c1S(=O)(=O)Nc1ccccc1N(C)C. The average Bonchev–Trinajstić information content (AvgIpc) is 2.80. The molecule has 2 aromatic rings. The van der Waals surface area contributed by atoms with Crippen LogP contribution < -0.4 is 15.4 Å². The van der Waals surface area contributed by atoms with Crippen LogP contribution in [-0.4, -0.2) is 32.7 Å². The third-order valence-corrected chi connectivity index (χ3v) is 4.62. The number of aromatic nitrogens is 2. The van der Waals surface area contributed by atoms with Gasteiger partial charge in [0.15, 0.2) is 0 Å². The minimum atomic E-state index is -3.75. The molecule has 0 unspecified atom stereocenters. The minimum Gasteiger partial charge on any atom is -0.376 e. The lowest BCUT2D eigenvalue weighted by Gasteiger charge is -2.18. The lowest BCUT2D eigenvalue weighted by Crippen LogP contribution is -2.19. The number of hydrogen-bond donors (Lipinski definition) is 3. The molecule has 0 spiro atoms. The molecule has 21 heavy (non-hydrogen) atoms. The maximum absolute atomic E-state index is 12.6. The van der Waals surface area contributed by atoms with Gasteiger partial charge in [0.05, 0.1) is 22.8 Å². The molecule has 7 nitrogen and oxygen atoms in total. The Morgan fingerprint density at radius 3 is 2.62 bits per heavy atom. The van der Waals surface area contributed by atoms with Gasteiger partial charge in [0.1, 0.15) is 4.90 Å². The monoisotopic (exact) mass is 309 g/mol. The Kier molecular flexibility index (Phi) is 4.19. The van der Waals surface area contributed by atoms with Gasteiger partial charge in [-0.3, -0.25) is 9.82 Å². The predicted octanol–water partition coefficient (Wildman–Crippen LogP) is 1.04. The van der Waals surface area contributed by atoms with Gasteiger partial charge >= 0.3 is 0 Å². The molecule has 0 radical (unpaired) electrons. The molecule has 4 N–H and O–H groups in total. The van der Waals surface area contributed by atoms with E-state index in [1.807, 2.05) is 31.1 Å². The molecule has 0 saturated carbocycles. The van der Waals surface area contributed by atoms with Gasteiger partial charge in [-0.15, -0.1) is 0 Å². The maximum atomic E-state index is 12.6. The van der Waals surface area contributed by atoms with Crippen LogP contribution in [0.5, 0.6) is 0 Å². The Balaban J connectivity index is 2.45. The molecule has 1 aromatic heterocycles. The lowest BCUT2D eigenvalue weighted by molar-refractivity contribution is 0.599. The van der Waals surface area contributed by atoms with Crippen LogP contribution in [0.4, 0.5) is 11.4 Å². The van der Waals surface area contributed by atoms with Crippen molar-refractivity contribution >= 4 is 21.4 Å². The van der Waals surface area contributed by atoms with Crippen molar-refractivity contribution < 1.29 is 8.42 Å². The number of hydrogen-bond acceptors (Lipinski definition) is 5. The normalized spacial score (nSPS) is 11.4. The van der Waals surface area contributed by atoms with E-state index < -0.39 is 10.0 Å². The van der Waals surface area contributed by atoms with Crippen molar-refractivity contribution in [1.82, 2.24) is 10.2 Å². The number of aryl methyl sites for hydroxylation is 1. The minimum absolute atomic E-state index is 0.0515. The van der Waals surface area contributed by atoms with Crippen molar-refractivity contribution in [3.8, 4) is 0 Å². The van der Waals surface area contributed by atoms with E-state index in [1.165, 1.54) is 0 Å². The number of nitrogens with two attached hydrogens (primary N) is 1. The van der Waals surface area contributed by atoms with E-state index in [4.69, 9.17) is 5.73 Å². The Morgan fingerprint density at radius 1 is 1.33 bits per heavy atom. The Bertz CT molecular complexity index is 737. The summed E-state index contributed by atoms with van der Waals surface area (Å²) in [6.45, 7) is 1.70. The second kappa shape index (κ2) is 5.74. The third-order valence-electron chi connectivity index (χ3n) is 3.05. The predicted molar refractivity (Wildman–Crippen MR) is 82.8 cm³/mol. The quantitative estimate of drug-likeness (QED) is 0.765. The van der Waals surface area contributed by atoms with Gasteiger partial charge < -0.3 is 10.6 Å². The molecule has 0 amide bonds. The molecule has 2 rings (SSSR count). The number of aromatic amines is 1. The molecule has 1 heterocycles. The van der Waals surface area contributed by atoms with Gasteiger partial charge in [0.25, 0.3) is 10.0 Å². The van der Waals surface area contributed by atoms with Gasteiger partial charge in [-0.1, -0.05) is 12.1 Å². The maximum Gasteiger partial charge on any atom is 0.265 e. The number of nitrogens with zero attached hydrogens (tertiary/aromatic N) is 2. The van der Waals surface area contributed by atoms with Crippen molar-refractivity contribution in [3.05, 3.63) is 35.7 Å². The number of sulfonamides is 1. The lowest BCUT2D eigenvalue weighted by atomic mass is 10.2. The number of H-pyrrole nitrogens is 1. The first kappa shape index (κ1) is 15.3. The molecule has 0 aliphatic carbocycles. The Hall–Kier alpha value is -2.06. The highest BCUT2D eigenvalue weighted by Crippen LogP contribution is 2.27. The van der Waals surface area contributed by atoms with Crippen LogP contribution in [-0.2, 0) is 16.6 Å². The van der Waals surface area contributed by atoms with Gasteiger partial charge in [-0.25, -0.2) is 8.42 Å². The van der Waals surface area contributed by atoms with Gasteiger partial charge in [-0.2, -0.15) is 5.10 Å². The summed E-state index contributed by atoms with van der Waals surface area (Å²) in [5.74, 6) is 0. The molecular formula is C13H19N5O2S. The molecule has 0 saturated heterocycles. The fraction of sp³-hybridized carbons (Fsp3) is 0.308. The molecule has 0 aliphatic heterocycles. The topological polar surface area (TPSA) is 104 Å². The highest BCUT2D eigenvalue weighted by molar-refractivity contribution is 7.92. The highest BCUT2D eigenvalue weighted by atomic mass is 32.2. The van der Waals surface area contributed by atoms with Crippen LogP contribution in [0.2, 0.25) is 0 Å². The summed E-state index contributed by atoms with van der Waals surface area (Å²) < 4.78 is 27.8. The van der Waals surface area contributed by atoms with Crippen molar-refractivity contribution in [1.29, 1.82) is 0 Å². The van der Waals surface area contributed by atoms with Crippen LogP contribution in [0.15, 0.2) is 29.2 Å². The van der Waals surface area contributed by atoms with Crippen molar-refractivity contribution in [2.24, 2.45) is 5.73 Å². The van der Waals surface area contributed by atoms with Gasteiger partial charge in [-0.05, 0) is 19.1 Å². The van der Waals surface area contributed by atoms with Crippen LogP contribution in [0.3, 0.4) is 0 Å². The zero-order valence-corrected chi connectivity index (χ0v) is 13.0. The summed E-state index contributed by atoms with van der Waals surface area (Å²) in [5, 5.41) is 6.58. The van der Waals surface area contributed by atoms with Crippen LogP contribution in [0, 0.1) is 6.92 Å². The molecule has 1 aromatic carbocycles. The Labute approximate surface area is 124 Å². The van der Waals surface area contributed by atoms with Crippen LogP contribution in [0.25, 0.3) is 0 Å². The summed E-state index contributed by atoms with van der Waals surface area (Å²) in [6.07, 6.45) is 0. The van der Waals surface area contributed by atoms with Crippen molar-refractivity contribution in [2.45, 2.75) is 18.4 Å². The second-order valence-electron chi connectivity index (χ2n) is 4.85. The molecule has 0 bridgehead atoms. The number of benzene rings is 1. The van der Waals surface area contributed by atoms with E-state index in [9.17, 15) is 8.42 Å². The Morgan fingerprint density at radius 2 is 2.00 bits per heavy atom. The smallest absolute Gasteiger partial charge is 0.265 e. The van der Waals surface area contributed by atoms with E-state index in [0.29, 0.717) is 17.1 Å². The fourth-order valence-electron chi connectivity index (χ4n) is 2.11. The van der Waals surface area contributed by atoms with E-state index in [1.54, 1.807) is 19.1 Å². The first-order valence-corrected chi connectivity index (χ1v) is 7.88. The number of rotatable bonds is 5. The number of nitrogens with one attached hydrogen (secondary N) is 2.